The van der Waals surface area contributed by atoms with Crippen molar-refractivity contribution in [1.29, 1.82) is 0 Å². The minimum Gasteiger partial charge on any atom is -0.493 e. The van der Waals surface area contributed by atoms with Gasteiger partial charge in [0.05, 0.1) is 12.6 Å². The molecule has 2 amide bonds. The third kappa shape index (κ3) is 6.98. The zero-order valence-electron chi connectivity index (χ0n) is 22.2. The van der Waals surface area contributed by atoms with Gasteiger partial charge in [0.15, 0.2) is 0 Å². The van der Waals surface area contributed by atoms with Crippen LogP contribution in [-0.4, -0.2) is 67.4 Å². The van der Waals surface area contributed by atoms with Crippen LogP contribution in [0.5, 0.6) is 5.75 Å². The minimum atomic E-state index is -0.350. The van der Waals surface area contributed by atoms with E-state index in [2.05, 4.69) is 10.2 Å². The number of carbonyl (C=O) groups excluding carboxylic acids is 2. The lowest BCUT2D eigenvalue weighted by molar-refractivity contribution is -0.0337. The first kappa shape index (κ1) is 26.4. The SMILES string of the molecule is C[C@H](NC(=O)O[C@H]1CN2CCC1CC2)c1cccc(OCC2CCN(C(=O)OCc3ccccc3)CC2)c1. The van der Waals surface area contributed by atoms with Gasteiger partial charge in [0.2, 0.25) is 0 Å². The Morgan fingerprint density at radius 3 is 2.45 bits per heavy atom. The van der Waals surface area contributed by atoms with Crippen LogP contribution >= 0.6 is 0 Å². The minimum absolute atomic E-state index is 0.00324. The number of hydrogen-bond acceptors (Lipinski definition) is 6. The van der Waals surface area contributed by atoms with Gasteiger partial charge in [0.1, 0.15) is 18.5 Å². The molecule has 4 fully saturated rings. The van der Waals surface area contributed by atoms with Crippen LogP contribution in [0, 0.1) is 11.8 Å². The Morgan fingerprint density at radius 1 is 0.974 bits per heavy atom. The summed E-state index contributed by atoms with van der Waals surface area (Å²) in [5.41, 5.74) is 1.96. The zero-order valence-corrected chi connectivity index (χ0v) is 22.2. The zero-order chi connectivity index (χ0) is 26.3. The van der Waals surface area contributed by atoms with Gasteiger partial charge in [-0.15, -0.1) is 0 Å². The van der Waals surface area contributed by atoms with Crippen molar-refractivity contribution < 1.29 is 23.8 Å². The third-order valence-electron chi connectivity index (χ3n) is 8.11. The van der Waals surface area contributed by atoms with E-state index in [9.17, 15) is 9.59 Å². The fourth-order valence-electron chi connectivity index (χ4n) is 5.66. The third-order valence-corrected chi connectivity index (χ3v) is 8.11. The molecule has 4 aliphatic rings. The molecule has 2 bridgehead atoms. The summed E-state index contributed by atoms with van der Waals surface area (Å²) in [5.74, 6) is 1.65. The van der Waals surface area contributed by atoms with E-state index in [0.717, 1.165) is 62.2 Å². The highest BCUT2D eigenvalue weighted by Crippen LogP contribution is 2.30. The number of amides is 2. The molecule has 0 spiro atoms. The van der Waals surface area contributed by atoms with E-state index in [4.69, 9.17) is 14.2 Å². The summed E-state index contributed by atoms with van der Waals surface area (Å²) >= 11 is 0. The summed E-state index contributed by atoms with van der Waals surface area (Å²) in [6.45, 7) is 7.29. The molecule has 0 aliphatic carbocycles. The topological polar surface area (TPSA) is 80.3 Å². The molecule has 0 saturated carbocycles. The molecule has 2 aromatic carbocycles. The summed E-state index contributed by atoms with van der Waals surface area (Å²) in [6, 6.07) is 17.4. The number of likely N-dealkylation sites (tertiary alicyclic amines) is 1. The molecule has 6 rings (SSSR count). The van der Waals surface area contributed by atoms with Crippen LogP contribution in [0.25, 0.3) is 0 Å². The Kier molecular flexibility index (Phi) is 8.68. The van der Waals surface area contributed by atoms with Crippen molar-refractivity contribution in [3.63, 3.8) is 0 Å². The van der Waals surface area contributed by atoms with E-state index in [1.54, 1.807) is 4.90 Å². The van der Waals surface area contributed by atoms with E-state index in [-0.39, 0.29) is 24.3 Å². The number of alkyl carbamates (subject to hydrolysis) is 1. The molecule has 0 aromatic heterocycles. The average Bonchev–Trinajstić information content (AvgIpc) is 2.96. The number of nitrogens with zero attached hydrogens (tertiary/aromatic N) is 2. The lowest BCUT2D eigenvalue weighted by Gasteiger charge is -2.43. The maximum atomic E-state index is 12.6. The molecule has 4 aliphatic heterocycles. The molecule has 0 radical (unpaired) electrons. The van der Waals surface area contributed by atoms with E-state index >= 15 is 0 Å². The molecular weight excluding hydrogens is 482 g/mol. The van der Waals surface area contributed by atoms with Crippen molar-refractivity contribution in [2.75, 3.05) is 39.3 Å². The Morgan fingerprint density at radius 2 is 1.74 bits per heavy atom. The molecule has 4 heterocycles. The first-order valence-electron chi connectivity index (χ1n) is 13.9. The lowest BCUT2D eigenvalue weighted by atomic mass is 9.86. The maximum absolute atomic E-state index is 12.6. The van der Waals surface area contributed by atoms with Gasteiger partial charge >= 0.3 is 12.2 Å². The van der Waals surface area contributed by atoms with Crippen molar-refractivity contribution in [3.05, 3.63) is 65.7 Å². The quantitative estimate of drug-likeness (QED) is 0.527. The standard InChI is InChI=1S/C30H39N3O5/c1-22(31-29(34)38-28-19-32-14-12-25(28)13-15-32)26-8-5-9-27(18-26)36-20-24-10-16-33(17-11-24)30(35)37-21-23-6-3-2-4-7-23/h2-9,18,22,24-25,28H,10-17,19-21H2,1H3,(H,31,34)/t22-,28-/m0/s1. The van der Waals surface area contributed by atoms with Crippen LogP contribution in [-0.2, 0) is 16.1 Å². The highest BCUT2D eigenvalue weighted by atomic mass is 16.6. The van der Waals surface area contributed by atoms with Gasteiger partial charge in [-0.3, -0.25) is 4.90 Å². The second-order valence-electron chi connectivity index (χ2n) is 10.8. The molecule has 4 saturated heterocycles. The number of benzene rings is 2. The van der Waals surface area contributed by atoms with Crippen molar-refractivity contribution >= 4 is 12.2 Å². The Balaban J connectivity index is 1.02. The summed E-state index contributed by atoms with van der Waals surface area (Å²) in [4.78, 5) is 29.1. The van der Waals surface area contributed by atoms with Crippen molar-refractivity contribution in [1.82, 2.24) is 15.1 Å². The predicted octanol–water partition coefficient (Wildman–Crippen LogP) is 5.00. The van der Waals surface area contributed by atoms with E-state index in [0.29, 0.717) is 38.1 Å². The molecule has 204 valence electrons. The Bertz CT molecular complexity index is 1060. The van der Waals surface area contributed by atoms with Gasteiger partial charge < -0.3 is 24.4 Å². The van der Waals surface area contributed by atoms with Crippen LogP contribution in [0.1, 0.15) is 49.8 Å². The van der Waals surface area contributed by atoms with Crippen LogP contribution in [0.3, 0.4) is 0 Å². The summed E-state index contributed by atoms with van der Waals surface area (Å²) < 4.78 is 17.4. The van der Waals surface area contributed by atoms with Gasteiger partial charge in [-0.1, -0.05) is 42.5 Å². The van der Waals surface area contributed by atoms with Gasteiger partial charge in [-0.2, -0.15) is 0 Å². The molecule has 0 unspecified atom stereocenters. The van der Waals surface area contributed by atoms with Gasteiger partial charge in [-0.25, -0.2) is 9.59 Å². The van der Waals surface area contributed by atoms with Crippen molar-refractivity contribution in [3.8, 4) is 5.75 Å². The highest BCUT2D eigenvalue weighted by Gasteiger charge is 2.36. The van der Waals surface area contributed by atoms with Crippen LogP contribution < -0.4 is 10.1 Å². The molecule has 1 N–H and O–H groups in total. The molecule has 8 nitrogen and oxygen atoms in total. The highest BCUT2D eigenvalue weighted by molar-refractivity contribution is 5.68. The van der Waals surface area contributed by atoms with Crippen LogP contribution in [0.15, 0.2) is 54.6 Å². The fraction of sp³-hybridized carbons (Fsp3) is 0.533. The predicted molar refractivity (Wildman–Crippen MR) is 144 cm³/mol. The number of ether oxygens (including phenoxy) is 3. The first-order chi connectivity index (χ1) is 18.5. The maximum Gasteiger partial charge on any atom is 0.410 e. The largest absolute Gasteiger partial charge is 0.493 e. The molecule has 8 heteroatoms. The van der Waals surface area contributed by atoms with Crippen LogP contribution in [0.4, 0.5) is 9.59 Å². The number of rotatable bonds is 8. The van der Waals surface area contributed by atoms with Crippen molar-refractivity contribution in [2.24, 2.45) is 11.8 Å². The summed E-state index contributed by atoms with van der Waals surface area (Å²) in [7, 11) is 0. The second-order valence-corrected chi connectivity index (χ2v) is 10.8. The number of piperidine rings is 4. The Labute approximate surface area is 225 Å². The summed E-state index contributed by atoms with van der Waals surface area (Å²) in [5, 5.41) is 2.99. The molecule has 2 atom stereocenters. The number of carbonyl (C=O) groups is 2. The Hall–Kier alpha value is -3.26. The number of fused-ring (bicyclic) bond motifs is 3. The van der Waals surface area contributed by atoms with E-state index in [1.165, 1.54) is 0 Å². The smallest absolute Gasteiger partial charge is 0.410 e. The first-order valence-corrected chi connectivity index (χ1v) is 13.9. The normalized spacial score (nSPS) is 23.9. The fourth-order valence-corrected chi connectivity index (χ4v) is 5.66. The average molecular weight is 522 g/mol. The van der Waals surface area contributed by atoms with Gasteiger partial charge in [-0.05, 0) is 80.8 Å². The molecule has 2 aromatic rings. The second kappa shape index (κ2) is 12.5. The lowest BCUT2D eigenvalue weighted by Crippen LogP contribution is -2.52. The van der Waals surface area contributed by atoms with E-state index in [1.807, 2.05) is 61.5 Å². The van der Waals surface area contributed by atoms with Crippen LogP contribution in [0.2, 0.25) is 0 Å². The van der Waals surface area contributed by atoms with Gasteiger partial charge in [0, 0.05) is 19.6 Å². The van der Waals surface area contributed by atoms with Crippen molar-refractivity contribution in [2.45, 2.75) is 51.4 Å². The molecular formula is C30H39N3O5. The molecule has 38 heavy (non-hydrogen) atoms. The number of hydrogen-bond donors (Lipinski definition) is 1. The monoisotopic (exact) mass is 521 g/mol. The van der Waals surface area contributed by atoms with Gasteiger partial charge in [0.25, 0.3) is 0 Å². The van der Waals surface area contributed by atoms with E-state index < -0.39 is 0 Å². The summed E-state index contributed by atoms with van der Waals surface area (Å²) in [6.07, 6.45) is 3.38. The number of nitrogens with one attached hydrogen (secondary N) is 1.